The summed E-state index contributed by atoms with van der Waals surface area (Å²) < 4.78 is 30.8. The third-order valence-electron chi connectivity index (χ3n) is 3.41. The standard InChI is InChI=1S/C15H13N3O3S/c1-22(19,20)18-6-7-21-15-13(9-17-10-14(15)18)12-4-2-11(8-16)3-5-12/h2-5,9-10H,6-7H2,1H3. The second kappa shape index (κ2) is 5.31. The fourth-order valence-electron chi connectivity index (χ4n) is 2.39. The van der Waals surface area contributed by atoms with Crippen molar-refractivity contribution < 1.29 is 13.2 Å². The lowest BCUT2D eigenvalue weighted by molar-refractivity contribution is 0.317. The molecule has 2 heterocycles. The van der Waals surface area contributed by atoms with Gasteiger partial charge in [-0.25, -0.2) is 8.42 Å². The maximum atomic E-state index is 11.9. The van der Waals surface area contributed by atoms with Gasteiger partial charge in [-0.15, -0.1) is 0 Å². The highest BCUT2D eigenvalue weighted by Crippen LogP contribution is 2.40. The summed E-state index contributed by atoms with van der Waals surface area (Å²) in [5.74, 6) is 0.497. The normalized spacial score (nSPS) is 13.9. The Morgan fingerprint density at radius 3 is 2.64 bits per heavy atom. The summed E-state index contributed by atoms with van der Waals surface area (Å²) in [4.78, 5) is 4.13. The van der Waals surface area contributed by atoms with Crippen molar-refractivity contribution in [2.75, 3.05) is 23.7 Å². The number of aromatic nitrogens is 1. The number of rotatable bonds is 2. The van der Waals surface area contributed by atoms with Gasteiger partial charge < -0.3 is 4.74 Å². The number of sulfonamides is 1. The van der Waals surface area contributed by atoms with Gasteiger partial charge in [0.2, 0.25) is 10.0 Å². The topological polar surface area (TPSA) is 83.3 Å². The molecule has 0 bridgehead atoms. The summed E-state index contributed by atoms with van der Waals surface area (Å²) in [6, 6.07) is 9.04. The van der Waals surface area contributed by atoms with Crippen molar-refractivity contribution in [1.82, 2.24) is 4.98 Å². The molecule has 112 valence electrons. The van der Waals surface area contributed by atoms with Gasteiger partial charge in [0.25, 0.3) is 0 Å². The molecule has 1 aliphatic heterocycles. The lowest BCUT2D eigenvalue weighted by Crippen LogP contribution is -2.37. The van der Waals surface area contributed by atoms with Gasteiger partial charge in [0.1, 0.15) is 12.3 Å². The Bertz CT molecular complexity index is 855. The maximum Gasteiger partial charge on any atom is 0.232 e. The Morgan fingerprint density at radius 2 is 2.00 bits per heavy atom. The van der Waals surface area contributed by atoms with Crippen LogP contribution < -0.4 is 9.04 Å². The third kappa shape index (κ3) is 2.49. The number of hydrogen-bond donors (Lipinski definition) is 0. The van der Waals surface area contributed by atoms with Crippen molar-refractivity contribution in [2.24, 2.45) is 0 Å². The number of nitrogens with zero attached hydrogens (tertiary/aromatic N) is 3. The number of hydrogen-bond acceptors (Lipinski definition) is 5. The minimum Gasteiger partial charge on any atom is -0.489 e. The second-order valence-corrected chi connectivity index (χ2v) is 6.81. The first kappa shape index (κ1) is 14.4. The molecule has 3 rings (SSSR count). The van der Waals surface area contributed by atoms with E-state index in [0.717, 1.165) is 11.8 Å². The van der Waals surface area contributed by atoms with Crippen molar-refractivity contribution >= 4 is 15.7 Å². The third-order valence-corrected chi connectivity index (χ3v) is 4.59. The predicted octanol–water partition coefficient (Wildman–Crippen LogP) is 1.78. The molecule has 0 saturated heterocycles. The van der Waals surface area contributed by atoms with Crippen LogP contribution in [0.2, 0.25) is 0 Å². The quantitative estimate of drug-likeness (QED) is 0.843. The summed E-state index contributed by atoms with van der Waals surface area (Å²) in [5, 5.41) is 8.85. The lowest BCUT2D eigenvalue weighted by Gasteiger charge is -2.30. The van der Waals surface area contributed by atoms with Gasteiger partial charge in [0.15, 0.2) is 5.75 Å². The zero-order valence-electron chi connectivity index (χ0n) is 11.9. The molecule has 0 spiro atoms. The van der Waals surface area contributed by atoms with Crippen LogP contribution in [-0.2, 0) is 10.0 Å². The highest BCUT2D eigenvalue weighted by molar-refractivity contribution is 7.92. The van der Waals surface area contributed by atoms with E-state index in [0.29, 0.717) is 22.6 Å². The van der Waals surface area contributed by atoms with Crippen LogP contribution in [-0.4, -0.2) is 32.8 Å². The van der Waals surface area contributed by atoms with Crippen molar-refractivity contribution in [2.45, 2.75) is 0 Å². The van der Waals surface area contributed by atoms with Crippen LogP contribution in [0.1, 0.15) is 5.56 Å². The molecule has 1 aromatic heterocycles. The van der Waals surface area contributed by atoms with Gasteiger partial charge in [-0.1, -0.05) is 12.1 Å². The minimum absolute atomic E-state index is 0.268. The summed E-state index contributed by atoms with van der Waals surface area (Å²) >= 11 is 0. The second-order valence-electron chi connectivity index (χ2n) is 4.91. The van der Waals surface area contributed by atoms with Crippen LogP contribution >= 0.6 is 0 Å². The van der Waals surface area contributed by atoms with E-state index in [2.05, 4.69) is 11.1 Å². The fourth-order valence-corrected chi connectivity index (χ4v) is 3.29. The average Bonchev–Trinajstić information content (AvgIpc) is 2.53. The molecule has 0 aliphatic carbocycles. The Labute approximate surface area is 128 Å². The molecule has 0 amide bonds. The molecule has 0 saturated carbocycles. The van der Waals surface area contributed by atoms with Crippen LogP contribution in [0.25, 0.3) is 11.1 Å². The summed E-state index contributed by atoms with van der Waals surface area (Å²) in [6.07, 6.45) is 4.28. The van der Waals surface area contributed by atoms with Crippen LogP contribution in [0, 0.1) is 11.3 Å². The predicted molar refractivity (Wildman–Crippen MR) is 82.1 cm³/mol. The Balaban J connectivity index is 2.13. The zero-order valence-corrected chi connectivity index (χ0v) is 12.7. The number of fused-ring (bicyclic) bond motifs is 1. The molecular formula is C15H13N3O3S. The first-order valence-electron chi connectivity index (χ1n) is 6.60. The Kier molecular flexibility index (Phi) is 3.47. The molecule has 0 N–H and O–H groups in total. The van der Waals surface area contributed by atoms with Crippen molar-refractivity contribution in [3.63, 3.8) is 0 Å². The van der Waals surface area contributed by atoms with E-state index in [1.165, 1.54) is 10.5 Å². The molecule has 0 fully saturated rings. The van der Waals surface area contributed by atoms with Crippen molar-refractivity contribution in [3.8, 4) is 22.9 Å². The molecule has 1 aromatic carbocycles. The van der Waals surface area contributed by atoms with Gasteiger partial charge in [-0.3, -0.25) is 9.29 Å². The van der Waals surface area contributed by atoms with E-state index in [-0.39, 0.29) is 13.2 Å². The summed E-state index contributed by atoms with van der Waals surface area (Å²) in [6.45, 7) is 0.553. The van der Waals surface area contributed by atoms with E-state index in [4.69, 9.17) is 10.00 Å². The first-order valence-corrected chi connectivity index (χ1v) is 8.44. The lowest BCUT2D eigenvalue weighted by atomic mass is 10.0. The summed E-state index contributed by atoms with van der Waals surface area (Å²) in [5.41, 5.74) is 2.52. The van der Waals surface area contributed by atoms with Gasteiger partial charge in [-0.2, -0.15) is 5.26 Å². The van der Waals surface area contributed by atoms with Gasteiger partial charge >= 0.3 is 0 Å². The number of anilines is 1. The smallest absolute Gasteiger partial charge is 0.232 e. The van der Waals surface area contributed by atoms with Gasteiger partial charge in [-0.05, 0) is 17.7 Å². The fraction of sp³-hybridized carbons (Fsp3) is 0.200. The van der Waals surface area contributed by atoms with E-state index in [1.807, 2.05) is 0 Å². The Hall–Kier alpha value is -2.59. The van der Waals surface area contributed by atoms with E-state index >= 15 is 0 Å². The molecule has 0 atom stereocenters. The van der Waals surface area contributed by atoms with E-state index in [9.17, 15) is 8.42 Å². The number of nitriles is 1. The molecule has 2 aromatic rings. The van der Waals surface area contributed by atoms with E-state index in [1.54, 1.807) is 30.5 Å². The Morgan fingerprint density at radius 1 is 1.27 bits per heavy atom. The molecule has 6 nitrogen and oxygen atoms in total. The van der Waals surface area contributed by atoms with Crippen molar-refractivity contribution in [1.29, 1.82) is 5.26 Å². The number of benzene rings is 1. The molecule has 0 unspecified atom stereocenters. The number of ether oxygens (including phenoxy) is 1. The highest BCUT2D eigenvalue weighted by atomic mass is 32.2. The van der Waals surface area contributed by atoms with Gasteiger partial charge in [0, 0.05) is 11.8 Å². The highest BCUT2D eigenvalue weighted by Gasteiger charge is 2.27. The molecule has 7 heteroatoms. The molecular weight excluding hydrogens is 302 g/mol. The van der Waals surface area contributed by atoms with Crippen LogP contribution in [0.4, 0.5) is 5.69 Å². The monoisotopic (exact) mass is 315 g/mol. The zero-order chi connectivity index (χ0) is 15.7. The van der Waals surface area contributed by atoms with Crippen LogP contribution in [0.3, 0.4) is 0 Å². The van der Waals surface area contributed by atoms with E-state index < -0.39 is 10.0 Å². The van der Waals surface area contributed by atoms with Crippen LogP contribution in [0.5, 0.6) is 5.75 Å². The molecule has 22 heavy (non-hydrogen) atoms. The number of pyridine rings is 1. The van der Waals surface area contributed by atoms with Crippen molar-refractivity contribution in [3.05, 3.63) is 42.2 Å². The van der Waals surface area contributed by atoms with Crippen LogP contribution in [0.15, 0.2) is 36.7 Å². The largest absolute Gasteiger partial charge is 0.489 e. The molecule has 0 radical (unpaired) electrons. The van der Waals surface area contributed by atoms with Gasteiger partial charge in [0.05, 0.1) is 30.6 Å². The summed E-state index contributed by atoms with van der Waals surface area (Å²) in [7, 11) is -3.38. The minimum atomic E-state index is -3.38. The average molecular weight is 315 g/mol. The SMILES string of the molecule is CS(=O)(=O)N1CCOc2c(-c3ccc(C#N)cc3)cncc21. The molecule has 1 aliphatic rings. The maximum absolute atomic E-state index is 11.9. The first-order chi connectivity index (χ1) is 10.5.